The van der Waals surface area contributed by atoms with Crippen molar-refractivity contribution < 1.29 is 4.74 Å². The Morgan fingerprint density at radius 2 is 1.84 bits per heavy atom. The van der Waals surface area contributed by atoms with Gasteiger partial charge in [-0.25, -0.2) is 10.0 Å². The Bertz CT molecular complexity index is 817. The number of nitrogens with zero attached hydrogens (tertiary/aromatic N) is 2. The molecule has 4 nitrogen and oxygen atoms in total. The summed E-state index contributed by atoms with van der Waals surface area (Å²) in [5, 5.41) is 3.60. The molecular weight excluding hydrogens is 310 g/mol. The van der Waals surface area contributed by atoms with E-state index in [0.29, 0.717) is 0 Å². The molecule has 4 heteroatoms. The lowest BCUT2D eigenvalue weighted by atomic mass is 10.1. The zero-order chi connectivity index (χ0) is 18.2. The molecule has 2 atom stereocenters. The maximum atomic E-state index is 7.27. The third-order valence-corrected chi connectivity index (χ3v) is 5.71. The Hall–Kier alpha value is -2.20. The van der Waals surface area contributed by atoms with Crippen LogP contribution in [0.3, 0.4) is 0 Å². The molecule has 1 heterocycles. The molecule has 0 saturated carbocycles. The van der Waals surface area contributed by atoms with Crippen LogP contribution >= 0.6 is 0 Å². The lowest BCUT2D eigenvalue weighted by molar-refractivity contribution is 0.113. The van der Waals surface area contributed by atoms with E-state index in [4.69, 9.17) is 10.3 Å². The van der Waals surface area contributed by atoms with Crippen molar-refractivity contribution in [2.45, 2.75) is 46.8 Å². The van der Waals surface area contributed by atoms with Gasteiger partial charge in [0.25, 0.3) is 5.72 Å². The van der Waals surface area contributed by atoms with Crippen LogP contribution in [-0.2, 0) is 0 Å². The Morgan fingerprint density at radius 1 is 1.08 bits per heavy atom. The Balaban J connectivity index is 1.97. The second-order valence-corrected chi connectivity index (χ2v) is 7.20. The van der Waals surface area contributed by atoms with E-state index in [2.05, 4.69) is 63.1 Å². The highest BCUT2D eigenvalue weighted by molar-refractivity contribution is 5.59. The molecule has 0 amide bonds. The largest absolute Gasteiger partial charge is 0.434 e. The van der Waals surface area contributed by atoms with Gasteiger partial charge in [-0.05, 0) is 51.0 Å². The molecule has 2 unspecified atom stereocenters. The zero-order valence-corrected chi connectivity index (χ0v) is 15.9. The summed E-state index contributed by atoms with van der Waals surface area (Å²) in [5.74, 6) is 0.982. The maximum absolute atomic E-state index is 7.27. The van der Waals surface area contributed by atoms with Crippen molar-refractivity contribution in [1.29, 1.82) is 5.53 Å². The normalized spacial score (nSPS) is 24.8. The molecule has 1 aliphatic rings. The zero-order valence-electron chi connectivity index (χ0n) is 15.9. The van der Waals surface area contributed by atoms with E-state index in [1.54, 1.807) is 0 Å². The van der Waals surface area contributed by atoms with Gasteiger partial charge in [0.1, 0.15) is 11.4 Å². The van der Waals surface area contributed by atoms with Crippen molar-refractivity contribution in [2.24, 2.45) is 5.11 Å². The summed E-state index contributed by atoms with van der Waals surface area (Å²) in [4.78, 5) is 0. The molecule has 1 aliphatic heterocycles. The van der Waals surface area contributed by atoms with E-state index in [1.165, 1.54) is 16.8 Å². The van der Waals surface area contributed by atoms with E-state index in [9.17, 15) is 0 Å². The molecule has 3 rings (SSSR count). The summed E-state index contributed by atoms with van der Waals surface area (Å²) >= 11 is 0. The first kappa shape index (κ1) is 17.6. The van der Waals surface area contributed by atoms with Crippen LogP contribution in [0.5, 0.6) is 5.75 Å². The maximum Gasteiger partial charge on any atom is 0.297 e. The van der Waals surface area contributed by atoms with Crippen molar-refractivity contribution in [3.05, 3.63) is 53.1 Å². The molecule has 1 fully saturated rings. The van der Waals surface area contributed by atoms with Gasteiger partial charge in [0.05, 0.1) is 12.2 Å². The third-order valence-electron chi connectivity index (χ3n) is 5.71. The van der Waals surface area contributed by atoms with Crippen molar-refractivity contribution in [1.82, 2.24) is 4.48 Å². The minimum Gasteiger partial charge on any atom is -0.434 e. The van der Waals surface area contributed by atoms with E-state index in [-0.39, 0.29) is 5.72 Å². The van der Waals surface area contributed by atoms with Crippen molar-refractivity contribution in [2.75, 3.05) is 13.1 Å². The number of ether oxygens (including phenoxy) is 1. The van der Waals surface area contributed by atoms with E-state index >= 15 is 0 Å². The molecule has 25 heavy (non-hydrogen) atoms. The number of aryl methyl sites for hydroxylation is 3. The Labute approximate surface area is 150 Å². The van der Waals surface area contributed by atoms with Crippen LogP contribution in [0.15, 0.2) is 41.5 Å². The van der Waals surface area contributed by atoms with Gasteiger partial charge in [-0.2, -0.15) is 5.11 Å². The third kappa shape index (κ3) is 2.74. The van der Waals surface area contributed by atoms with Gasteiger partial charge in [0, 0.05) is 18.6 Å². The van der Waals surface area contributed by atoms with Crippen LogP contribution in [0.1, 0.15) is 37.0 Å². The number of rotatable bonds is 6. The van der Waals surface area contributed by atoms with E-state index in [1.807, 2.05) is 13.0 Å². The second kappa shape index (κ2) is 6.26. The predicted molar refractivity (Wildman–Crippen MR) is 103 cm³/mol. The summed E-state index contributed by atoms with van der Waals surface area (Å²) < 4.78 is 7.45. The van der Waals surface area contributed by atoms with E-state index in [0.717, 1.165) is 41.0 Å². The van der Waals surface area contributed by atoms with Gasteiger partial charge in [-0.15, -0.1) is 0 Å². The molecule has 2 aromatic rings. The average molecular weight is 338 g/mol. The van der Waals surface area contributed by atoms with Crippen LogP contribution in [-0.4, -0.2) is 18.8 Å². The summed E-state index contributed by atoms with van der Waals surface area (Å²) in [5.41, 5.74) is 12.5. The first-order chi connectivity index (χ1) is 11.9. The molecular formula is C21H28N3O+. The number of quaternary nitrogens is 1. The monoisotopic (exact) mass is 338 g/mol. The molecule has 1 N–H and O–H groups in total. The SMILES string of the molecule is CCC1(Oc2ccc(C)cc2C)C[N+]1(CC)c1ccc(N=N)c(C)c1. The van der Waals surface area contributed by atoms with E-state index < -0.39 is 0 Å². The lowest BCUT2D eigenvalue weighted by Crippen LogP contribution is -2.40. The highest BCUT2D eigenvalue weighted by atomic mass is 16.5. The highest BCUT2D eigenvalue weighted by Gasteiger charge is 2.72. The Kier molecular flexibility index (Phi) is 4.41. The van der Waals surface area contributed by atoms with Crippen LogP contribution < -0.4 is 9.22 Å². The molecule has 0 bridgehead atoms. The first-order valence-electron chi connectivity index (χ1n) is 9.03. The molecule has 132 valence electrons. The van der Waals surface area contributed by atoms with Crippen LogP contribution in [0.2, 0.25) is 0 Å². The summed E-state index contributed by atoms with van der Waals surface area (Å²) in [6.07, 6.45) is 0.956. The minimum absolute atomic E-state index is 0.208. The smallest absolute Gasteiger partial charge is 0.297 e. The van der Waals surface area contributed by atoms with Gasteiger partial charge in [-0.3, -0.25) is 0 Å². The van der Waals surface area contributed by atoms with Crippen molar-refractivity contribution >= 4 is 11.4 Å². The molecule has 1 saturated heterocycles. The van der Waals surface area contributed by atoms with Gasteiger partial charge >= 0.3 is 0 Å². The highest BCUT2D eigenvalue weighted by Crippen LogP contribution is 2.51. The topological polar surface area (TPSA) is 45.4 Å². The van der Waals surface area contributed by atoms with Crippen molar-refractivity contribution in [3.8, 4) is 5.75 Å². The first-order valence-corrected chi connectivity index (χ1v) is 9.03. The van der Waals surface area contributed by atoms with Gasteiger partial charge in [0.15, 0.2) is 6.54 Å². The summed E-state index contributed by atoms with van der Waals surface area (Å²) in [6, 6.07) is 12.6. The molecule has 0 spiro atoms. The van der Waals surface area contributed by atoms with Gasteiger partial charge in [-0.1, -0.05) is 24.6 Å². The summed E-state index contributed by atoms with van der Waals surface area (Å²) in [7, 11) is 0. The number of likely N-dealkylation sites (N-methyl/N-ethyl adjacent to an activating group) is 1. The minimum atomic E-state index is -0.208. The van der Waals surface area contributed by atoms with Crippen molar-refractivity contribution in [3.63, 3.8) is 0 Å². The molecule has 2 aromatic carbocycles. The molecule has 0 radical (unpaired) electrons. The summed E-state index contributed by atoms with van der Waals surface area (Å²) in [6.45, 7) is 12.6. The number of hydrogen-bond donors (Lipinski definition) is 1. The average Bonchev–Trinajstić information content (AvgIpc) is 3.27. The number of hydrogen-bond acceptors (Lipinski definition) is 3. The quantitative estimate of drug-likeness (QED) is 0.404. The van der Waals surface area contributed by atoms with Gasteiger partial charge in [0.2, 0.25) is 0 Å². The number of nitrogens with one attached hydrogen (secondary N) is 1. The fraction of sp³-hybridized carbons (Fsp3) is 0.429. The molecule has 0 aromatic heterocycles. The number of benzene rings is 2. The standard InChI is InChI=1S/C21H28N3O/c1-6-21(25-20-11-8-15(3)12-17(20)5)14-24(21,7-2)18-9-10-19(23-22)16(4)13-18/h8-13,22H,6-7,14H2,1-5H3/q+1. The fourth-order valence-corrected chi connectivity index (χ4v) is 4.05. The van der Waals surface area contributed by atoms with Crippen LogP contribution in [0.4, 0.5) is 11.4 Å². The van der Waals surface area contributed by atoms with Gasteiger partial charge < -0.3 is 4.74 Å². The van der Waals surface area contributed by atoms with Crippen LogP contribution in [0, 0.1) is 26.3 Å². The van der Waals surface area contributed by atoms with Crippen LogP contribution in [0.25, 0.3) is 0 Å². The lowest BCUT2D eigenvalue weighted by Gasteiger charge is -2.26. The fourth-order valence-electron chi connectivity index (χ4n) is 4.05. The Morgan fingerprint density at radius 3 is 2.40 bits per heavy atom. The molecule has 0 aliphatic carbocycles. The second-order valence-electron chi connectivity index (χ2n) is 7.20. The predicted octanol–water partition coefficient (Wildman–Crippen LogP) is 5.80.